The summed E-state index contributed by atoms with van der Waals surface area (Å²) in [7, 11) is -4.02. The van der Waals surface area contributed by atoms with E-state index in [2.05, 4.69) is 10.0 Å². The number of nitrogens with one attached hydrogen (secondary N) is 2. The Morgan fingerprint density at radius 3 is 2.41 bits per heavy atom. The SMILES string of the molecule is C[C@@H](O)CNC(=O)c1cc(Cl)ccc1NS(=O)(=O)c1ccc(Oc2ccccc2Cl)cc1. The van der Waals surface area contributed by atoms with Crippen molar-refractivity contribution in [1.82, 2.24) is 5.32 Å². The molecule has 0 saturated carbocycles. The number of carbonyl (C=O) groups is 1. The Morgan fingerprint density at radius 2 is 1.75 bits per heavy atom. The molecule has 10 heteroatoms. The molecular formula is C22H20Cl2N2O5S. The lowest BCUT2D eigenvalue weighted by atomic mass is 10.1. The monoisotopic (exact) mass is 494 g/mol. The molecule has 0 aliphatic carbocycles. The van der Waals surface area contributed by atoms with E-state index in [1.807, 2.05) is 0 Å². The number of hydrogen-bond donors (Lipinski definition) is 3. The van der Waals surface area contributed by atoms with E-state index in [0.29, 0.717) is 16.5 Å². The van der Waals surface area contributed by atoms with Crippen LogP contribution in [-0.2, 0) is 10.0 Å². The second kappa shape index (κ2) is 10.2. The van der Waals surface area contributed by atoms with Gasteiger partial charge < -0.3 is 15.2 Å². The van der Waals surface area contributed by atoms with Gasteiger partial charge in [-0.3, -0.25) is 9.52 Å². The largest absolute Gasteiger partial charge is 0.456 e. The highest BCUT2D eigenvalue weighted by molar-refractivity contribution is 7.92. The number of halogens is 2. The molecule has 32 heavy (non-hydrogen) atoms. The summed E-state index contributed by atoms with van der Waals surface area (Å²) >= 11 is 12.0. The molecule has 0 unspecified atom stereocenters. The van der Waals surface area contributed by atoms with Crippen molar-refractivity contribution in [2.24, 2.45) is 0 Å². The smallest absolute Gasteiger partial charge is 0.261 e. The van der Waals surface area contributed by atoms with Gasteiger partial charge in [-0.15, -0.1) is 0 Å². The number of carbonyl (C=O) groups excluding carboxylic acids is 1. The van der Waals surface area contributed by atoms with Gasteiger partial charge in [0.15, 0.2) is 0 Å². The normalized spacial score (nSPS) is 12.1. The highest BCUT2D eigenvalue weighted by Crippen LogP contribution is 2.30. The van der Waals surface area contributed by atoms with Crippen LogP contribution in [-0.4, -0.2) is 32.1 Å². The van der Waals surface area contributed by atoms with Gasteiger partial charge in [-0.2, -0.15) is 0 Å². The van der Waals surface area contributed by atoms with Crippen LogP contribution in [0.2, 0.25) is 10.0 Å². The van der Waals surface area contributed by atoms with Crippen LogP contribution in [0.3, 0.4) is 0 Å². The highest BCUT2D eigenvalue weighted by Gasteiger charge is 2.20. The molecule has 3 N–H and O–H groups in total. The molecule has 0 saturated heterocycles. The summed E-state index contributed by atoms with van der Waals surface area (Å²) in [5, 5.41) is 12.6. The zero-order chi connectivity index (χ0) is 23.3. The fourth-order valence-electron chi connectivity index (χ4n) is 2.67. The average molecular weight is 495 g/mol. The van der Waals surface area contributed by atoms with E-state index >= 15 is 0 Å². The molecule has 1 atom stereocenters. The Labute approximate surface area is 196 Å². The summed E-state index contributed by atoms with van der Waals surface area (Å²) in [5.41, 5.74) is 0.0780. The fraction of sp³-hybridized carbons (Fsp3) is 0.136. The summed E-state index contributed by atoms with van der Waals surface area (Å²) in [5.74, 6) is 0.272. The summed E-state index contributed by atoms with van der Waals surface area (Å²) in [4.78, 5) is 12.4. The van der Waals surface area contributed by atoms with Gasteiger partial charge in [0.05, 0.1) is 27.3 Å². The number of benzene rings is 3. The molecule has 3 aromatic carbocycles. The Balaban J connectivity index is 1.80. The topological polar surface area (TPSA) is 105 Å². The van der Waals surface area contributed by atoms with Crippen LogP contribution in [0.5, 0.6) is 11.5 Å². The summed E-state index contributed by atoms with van der Waals surface area (Å²) < 4.78 is 33.8. The van der Waals surface area contributed by atoms with Crippen molar-refractivity contribution in [1.29, 1.82) is 0 Å². The number of amides is 1. The molecule has 3 rings (SSSR count). The molecule has 0 spiro atoms. The molecule has 0 fully saturated rings. The van der Waals surface area contributed by atoms with Gasteiger partial charge in [-0.1, -0.05) is 35.3 Å². The number of sulfonamides is 1. The molecule has 0 bridgehead atoms. The first-order chi connectivity index (χ1) is 15.2. The zero-order valence-electron chi connectivity index (χ0n) is 16.9. The molecule has 3 aromatic rings. The molecule has 1 amide bonds. The number of aliphatic hydroxyl groups is 1. The summed E-state index contributed by atoms with van der Waals surface area (Å²) in [6, 6.07) is 16.9. The second-order valence-electron chi connectivity index (χ2n) is 6.86. The number of aliphatic hydroxyl groups excluding tert-OH is 1. The van der Waals surface area contributed by atoms with Crippen molar-refractivity contribution in [3.63, 3.8) is 0 Å². The number of anilines is 1. The Hall–Kier alpha value is -2.78. The maximum absolute atomic E-state index is 12.9. The molecule has 0 heterocycles. The van der Waals surface area contributed by atoms with Crippen LogP contribution in [0.4, 0.5) is 5.69 Å². The first-order valence-corrected chi connectivity index (χ1v) is 11.7. The van der Waals surface area contributed by atoms with E-state index in [4.69, 9.17) is 27.9 Å². The van der Waals surface area contributed by atoms with Gasteiger partial charge in [-0.25, -0.2) is 8.42 Å². The maximum Gasteiger partial charge on any atom is 0.261 e. The van der Waals surface area contributed by atoms with Gasteiger partial charge in [0, 0.05) is 11.6 Å². The van der Waals surface area contributed by atoms with Gasteiger partial charge >= 0.3 is 0 Å². The third-order valence-corrected chi connectivity index (χ3v) is 6.16. The van der Waals surface area contributed by atoms with Crippen LogP contribution in [0.25, 0.3) is 0 Å². The van der Waals surface area contributed by atoms with Crippen LogP contribution < -0.4 is 14.8 Å². The van der Waals surface area contributed by atoms with E-state index < -0.39 is 22.0 Å². The van der Waals surface area contributed by atoms with E-state index in [1.54, 1.807) is 24.3 Å². The third-order valence-electron chi connectivity index (χ3n) is 4.23. The lowest BCUT2D eigenvalue weighted by Gasteiger charge is -2.14. The molecule has 0 aromatic heterocycles. The van der Waals surface area contributed by atoms with E-state index in [-0.39, 0.29) is 27.7 Å². The van der Waals surface area contributed by atoms with Gasteiger partial charge in [-0.05, 0) is 61.5 Å². The molecule has 7 nitrogen and oxygen atoms in total. The lowest BCUT2D eigenvalue weighted by molar-refractivity contribution is 0.0925. The van der Waals surface area contributed by atoms with Gasteiger partial charge in [0.2, 0.25) is 0 Å². The molecule has 0 aliphatic rings. The lowest BCUT2D eigenvalue weighted by Crippen LogP contribution is -2.31. The zero-order valence-corrected chi connectivity index (χ0v) is 19.2. The van der Waals surface area contributed by atoms with Crippen molar-refractivity contribution in [3.8, 4) is 11.5 Å². The van der Waals surface area contributed by atoms with Gasteiger partial charge in [0.25, 0.3) is 15.9 Å². The minimum absolute atomic E-state index is 0.00439. The quantitative estimate of drug-likeness (QED) is 0.420. The van der Waals surface area contributed by atoms with Crippen molar-refractivity contribution in [3.05, 3.63) is 82.3 Å². The standard InChI is InChI=1S/C22H20Cl2N2O5S/c1-14(27)13-25-22(28)18-12-15(23)6-11-20(18)26-32(29,30)17-9-7-16(8-10-17)31-21-5-3-2-4-19(21)24/h2-12,14,26-27H,13H2,1H3,(H,25,28)/t14-/m1/s1. The highest BCUT2D eigenvalue weighted by atomic mass is 35.5. The number of para-hydroxylation sites is 1. The summed E-state index contributed by atoms with van der Waals surface area (Å²) in [6.07, 6.45) is -0.759. The molecule has 0 radical (unpaired) electrons. The van der Waals surface area contributed by atoms with E-state index in [1.165, 1.54) is 49.4 Å². The van der Waals surface area contributed by atoms with E-state index in [0.717, 1.165) is 0 Å². The second-order valence-corrected chi connectivity index (χ2v) is 9.38. The first kappa shape index (κ1) is 23.9. The molecule has 168 valence electrons. The van der Waals surface area contributed by atoms with Crippen LogP contribution in [0.15, 0.2) is 71.6 Å². The predicted molar refractivity (Wildman–Crippen MR) is 124 cm³/mol. The first-order valence-electron chi connectivity index (χ1n) is 9.47. The van der Waals surface area contributed by atoms with Crippen LogP contribution >= 0.6 is 23.2 Å². The number of hydrogen-bond acceptors (Lipinski definition) is 5. The van der Waals surface area contributed by atoms with Crippen molar-refractivity contribution in [2.75, 3.05) is 11.3 Å². The van der Waals surface area contributed by atoms with Crippen molar-refractivity contribution in [2.45, 2.75) is 17.9 Å². The van der Waals surface area contributed by atoms with Gasteiger partial charge in [0.1, 0.15) is 11.5 Å². The Kier molecular flexibility index (Phi) is 7.63. The van der Waals surface area contributed by atoms with Crippen molar-refractivity contribution < 1.29 is 23.1 Å². The Morgan fingerprint density at radius 1 is 1.06 bits per heavy atom. The Bertz CT molecular complexity index is 1220. The number of rotatable bonds is 8. The third kappa shape index (κ3) is 6.14. The number of ether oxygens (including phenoxy) is 1. The van der Waals surface area contributed by atoms with Crippen LogP contribution in [0.1, 0.15) is 17.3 Å². The molecular weight excluding hydrogens is 475 g/mol. The van der Waals surface area contributed by atoms with Crippen LogP contribution in [0, 0.1) is 0 Å². The predicted octanol–water partition coefficient (Wildman–Crippen LogP) is 4.70. The molecule has 0 aliphatic heterocycles. The minimum Gasteiger partial charge on any atom is -0.456 e. The summed E-state index contributed by atoms with van der Waals surface area (Å²) in [6.45, 7) is 1.52. The van der Waals surface area contributed by atoms with Crippen molar-refractivity contribution >= 4 is 44.8 Å². The fourth-order valence-corrected chi connectivity index (χ4v) is 4.10. The average Bonchev–Trinajstić information content (AvgIpc) is 2.75. The maximum atomic E-state index is 12.9. The minimum atomic E-state index is -4.02. The van der Waals surface area contributed by atoms with E-state index in [9.17, 15) is 18.3 Å².